The van der Waals surface area contributed by atoms with Crippen molar-refractivity contribution in [2.24, 2.45) is 17.8 Å². The van der Waals surface area contributed by atoms with Crippen molar-refractivity contribution in [2.75, 3.05) is 0 Å². The Balaban J connectivity index is 2.35. The molecule has 1 aromatic rings. The third-order valence-corrected chi connectivity index (χ3v) is 4.27. The minimum Gasteiger partial charge on any atom is -0.294 e. The fourth-order valence-electron chi connectivity index (χ4n) is 2.93. The largest absolute Gasteiger partial charge is 0.294 e. The predicted octanol–water partition coefficient (Wildman–Crippen LogP) is 4.25. The van der Waals surface area contributed by atoms with Gasteiger partial charge in [-0.1, -0.05) is 32.9 Å². The topological polar surface area (TPSA) is 60.2 Å². The maximum absolute atomic E-state index is 12.6. The molecule has 0 radical (unpaired) electrons. The summed E-state index contributed by atoms with van der Waals surface area (Å²) in [6.07, 6.45) is 3.76. The van der Waals surface area contributed by atoms with Crippen LogP contribution < -0.4 is 0 Å². The molecular formula is C17H21NO3. The predicted molar refractivity (Wildman–Crippen MR) is 82.8 cm³/mol. The van der Waals surface area contributed by atoms with Gasteiger partial charge in [0.2, 0.25) is 0 Å². The molecule has 1 aliphatic rings. The van der Waals surface area contributed by atoms with Crippen molar-refractivity contribution in [3.8, 4) is 0 Å². The first-order valence-electron chi connectivity index (χ1n) is 7.40. The monoisotopic (exact) mass is 287 g/mol. The molecule has 1 aromatic carbocycles. The molecule has 0 heterocycles. The van der Waals surface area contributed by atoms with E-state index < -0.39 is 4.92 Å². The van der Waals surface area contributed by atoms with E-state index in [9.17, 15) is 14.9 Å². The highest BCUT2D eigenvalue weighted by atomic mass is 16.6. The van der Waals surface area contributed by atoms with E-state index in [0.717, 1.165) is 24.0 Å². The summed E-state index contributed by atoms with van der Waals surface area (Å²) in [6.45, 7) is 6.20. The second-order valence-electron chi connectivity index (χ2n) is 6.14. The lowest BCUT2D eigenvalue weighted by Gasteiger charge is -2.30. The summed E-state index contributed by atoms with van der Waals surface area (Å²) in [7, 11) is 0. The molecule has 1 fully saturated rings. The van der Waals surface area contributed by atoms with Gasteiger partial charge in [0.1, 0.15) is 0 Å². The fraction of sp³-hybridized carbons (Fsp3) is 0.471. The van der Waals surface area contributed by atoms with E-state index in [4.69, 9.17) is 0 Å². The van der Waals surface area contributed by atoms with Gasteiger partial charge in [0, 0.05) is 18.1 Å². The van der Waals surface area contributed by atoms with E-state index in [1.165, 1.54) is 12.1 Å². The minimum atomic E-state index is -0.412. The van der Waals surface area contributed by atoms with Gasteiger partial charge < -0.3 is 0 Å². The number of hydrogen-bond donors (Lipinski definition) is 0. The van der Waals surface area contributed by atoms with E-state index >= 15 is 0 Å². The van der Waals surface area contributed by atoms with E-state index in [1.807, 2.05) is 6.08 Å². The molecule has 112 valence electrons. The van der Waals surface area contributed by atoms with Crippen molar-refractivity contribution >= 4 is 17.5 Å². The molecule has 4 heteroatoms. The summed E-state index contributed by atoms with van der Waals surface area (Å²) in [5.74, 6) is 0.826. The van der Waals surface area contributed by atoms with Crippen LogP contribution >= 0.6 is 0 Å². The van der Waals surface area contributed by atoms with Crippen LogP contribution in [0.3, 0.4) is 0 Å². The molecule has 0 unspecified atom stereocenters. The molecular weight excluding hydrogens is 266 g/mol. The first-order chi connectivity index (χ1) is 9.90. The van der Waals surface area contributed by atoms with Crippen LogP contribution in [0.1, 0.15) is 39.2 Å². The van der Waals surface area contributed by atoms with Crippen LogP contribution in [-0.2, 0) is 4.79 Å². The first-order valence-corrected chi connectivity index (χ1v) is 7.40. The van der Waals surface area contributed by atoms with Gasteiger partial charge in [0.25, 0.3) is 5.69 Å². The second-order valence-corrected chi connectivity index (χ2v) is 6.14. The SMILES string of the molecule is CC(C)[C@H]1CC[C@H](C)C(=Cc2cccc([N+](=O)[O-])c2)C1=O. The van der Waals surface area contributed by atoms with E-state index in [0.29, 0.717) is 5.92 Å². The molecule has 0 N–H and O–H groups in total. The zero-order valence-electron chi connectivity index (χ0n) is 12.7. The van der Waals surface area contributed by atoms with Crippen LogP contribution in [-0.4, -0.2) is 10.7 Å². The van der Waals surface area contributed by atoms with Crippen molar-refractivity contribution in [3.63, 3.8) is 0 Å². The van der Waals surface area contributed by atoms with Gasteiger partial charge in [0.15, 0.2) is 5.78 Å². The maximum Gasteiger partial charge on any atom is 0.270 e. The molecule has 2 rings (SSSR count). The first kappa shape index (κ1) is 15.4. The number of allylic oxidation sites excluding steroid dienone is 1. The minimum absolute atomic E-state index is 0.0562. The van der Waals surface area contributed by atoms with Crippen LogP contribution in [0.2, 0.25) is 0 Å². The van der Waals surface area contributed by atoms with Gasteiger partial charge in [-0.25, -0.2) is 0 Å². The summed E-state index contributed by atoms with van der Waals surface area (Å²) < 4.78 is 0. The number of nitro groups is 1. The molecule has 21 heavy (non-hydrogen) atoms. The van der Waals surface area contributed by atoms with E-state index in [1.54, 1.807) is 12.1 Å². The quantitative estimate of drug-likeness (QED) is 0.474. The van der Waals surface area contributed by atoms with Gasteiger partial charge in [0.05, 0.1) is 4.92 Å². The summed E-state index contributed by atoms with van der Waals surface area (Å²) in [5.41, 5.74) is 1.59. The lowest BCUT2D eigenvalue weighted by atomic mass is 9.73. The Hall–Kier alpha value is -1.97. The van der Waals surface area contributed by atoms with Crippen LogP contribution in [0.25, 0.3) is 6.08 Å². The second kappa shape index (κ2) is 6.20. The highest BCUT2D eigenvalue weighted by Gasteiger charge is 2.32. The Bertz CT molecular complexity index is 589. The average molecular weight is 287 g/mol. The van der Waals surface area contributed by atoms with Crippen LogP contribution in [0.5, 0.6) is 0 Å². The zero-order chi connectivity index (χ0) is 15.6. The molecule has 0 aliphatic heterocycles. The van der Waals surface area contributed by atoms with Crippen molar-refractivity contribution in [1.82, 2.24) is 0 Å². The van der Waals surface area contributed by atoms with Crippen LogP contribution in [0, 0.1) is 27.9 Å². The maximum atomic E-state index is 12.6. The van der Waals surface area contributed by atoms with Crippen molar-refractivity contribution in [1.29, 1.82) is 0 Å². The number of benzene rings is 1. The summed E-state index contributed by atoms with van der Waals surface area (Å²) in [4.78, 5) is 23.0. The molecule has 2 atom stereocenters. The molecule has 0 bridgehead atoms. The molecule has 0 aromatic heterocycles. The molecule has 0 spiro atoms. The number of carbonyl (C=O) groups is 1. The fourth-order valence-corrected chi connectivity index (χ4v) is 2.93. The highest BCUT2D eigenvalue weighted by molar-refractivity contribution is 6.02. The number of hydrogen-bond acceptors (Lipinski definition) is 3. The van der Waals surface area contributed by atoms with Gasteiger partial charge in [-0.2, -0.15) is 0 Å². The van der Waals surface area contributed by atoms with Gasteiger partial charge in [-0.05, 0) is 41.9 Å². The lowest BCUT2D eigenvalue weighted by molar-refractivity contribution is -0.384. The summed E-state index contributed by atoms with van der Waals surface area (Å²) in [6, 6.07) is 6.44. The molecule has 0 amide bonds. The summed E-state index contributed by atoms with van der Waals surface area (Å²) in [5, 5.41) is 10.8. The molecule has 4 nitrogen and oxygen atoms in total. The number of nitrogens with zero attached hydrogens (tertiary/aromatic N) is 1. The Morgan fingerprint density at radius 2 is 2.05 bits per heavy atom. The number of rotatable bonds is 3. The number of carbonyl (C=O) groups excluding carboxylic acids is 1. The highest BCUT2D eigenvalue weighted by Crippen LogP contribution is 2.35. The Labute approximate surface area is 125 Å². The smallest absolute Gasteiger partial charge is 0.270 e. The normalized spacial score (nSPS) is 24.6. The number of non-ortho nitro benzene ring substituents is 1. The number of nitro benzene ring substituents is 1. The van der Waals surface area contributed by atoms with Crippen molar-refractivity contribution in [3.05, 3.63) is 45.5 Å². The molecule has 1 aliphatic carbocycles. The molecule has 0 saturated heterocycles. The third kappa shape index (κ3) is 3.38. The lowest BCUT2D eigenvalue weighted by Crippen LogP contribution is -2.30. The van der Waals surface area contributed by atoms with Gasteiger partial charge in [-0.15, -0.1) is 0 Å². The number of ketones is 1. The van der Waals surface area contributed by atoms with Crippen LogP contribution in [0.4, 0.5) is 5.69 Å². The standard InChI is InChI=1S/C17H21NO3/c1-11(2)15-8-7-12(3)16(17(15)19)10-13-5-4-6-14(9-13)18(20)21/h4-6,9-12,15H,7-8H2,1-3H3/t12-,15+/m0/s1. The van der Waals surface area contributed by atoms with Gasteiger partial charge >= 0.3 is 0 Å². The zero-order valence-corrected chi connectivity index (χ0v) is 12.7. The Morgan fingerprint density at radius 3 is 2.67 bits per heavy atom. The third-order valence-electron chi connectivity index (χ3n) is 4.27. The van der Waals surface area contributed by atoms with Crippen LogP contribution in [0.15, 0.2) is 29.8 Å². The Kier molecular flexibility index (Phi) is 4.56. The van der Waals surface area contributed by atoms with E-state index in [2.05, 4.69) is 20.8 Å². The summed E-state index contributed by atoms with van der Waals surface area (Å²) >= 11 is 0. The molecule has 1 saturated carbocycles. The number of Topliss-reactive ketones (excluding diaryl/α,β-unsaturated/α-hetero) is 1. The average Bonchev–Trinajstić information content (AvgIpc) is 2.43. The Morgan fingerprint density at radius 1 is 1.33 bits per heavy atom. The van der Waals surface area contributed by atoms with E-state index in [-0.39, 0.29) is 23.3 Å². The van der Waals surface area contributed by atoms with Crippen molar-refractivity contribution < 1.29 is 9.72 Å². The van der Waals surface area contributed by atoms with Gasteiger partial charge in [-0.3, -0.25) is 14.9 Å². The van der Waals surface area contributed by atoms with Crippen molar-refractivity contribution in [2.45, 2.75) is 33.6 Å².